The molecule has 128 valence electrons. The molecule has 0 aliphatic carbocycles. The number of aryl methyl sites for hydroxylation is 1. The molecule has 0 atom stereocenters. The third kappa shape index (κ3) is 3.95. The number of nitrogens with zero attached hydrogens (tertiary/aromatic N) is 2. The zero-order valence-corrected chi connectivity index (χ0v) is 15.2. The Morgan fingerprint density at radius 3 is 2.33 bits per heavy atom. The maximum absolute atomic E-state index is 12.6. The zero-order chi connectivity index (χ0) is 17.9. The van der Waals surface area contributed by atoms with E-state index in [1.807, 2.05) is 30.5 Å². The zero-order valence-electron chi connectivity index (χ0n) is 13.6. The van der Waals surface area contributed by atoms with Crippen LogP contribution in [0.1, 0.15) is 11.1 Å². The average molecular weight is 366 g/mol. The lowest BCUT2D eigenvalue weighted by molar-refractivity contribution is -0.385. The molecule has 0 fully saturated rings. The van der Waals surface area contributed by atoms with Gasteiger partial charge in [-0.2, -0.15) is 4.31 Å². The van der Waals surface area contributed by atoms with Crippen LogP contribution in [0.25, 0.3) is 0 Å². The number of rotatable bonds is 6. The fourth-order valence-corrected chi connectivity index (χ4v) is 3.79. The van der Waals surface area contributed by atoms with E-state index in [2.05, 4.69) is 0 Å². The molecule has 0 spiro atoms. The summed E-state index contributed by atoms with van der Waals surface area (Å²) >= 11 is 1.61. The van der Waals surface area contributed by atoms with Crippen molar-refractivity contribution >= 4 is 27.5 Å². The SMILES string of the molecule is CSc1ccc(CN(C)S(=O)(=O)c2ccc(C)c([N+](=O)[O-])c2)cc1. The molecule has 2 aromatic carbocycles. The van der Waals surface area contributed by atoms with Crippen LogP contribution in [0.3, 0.4) is 0 Å². The summed E-state index contributed by atoms with van der Waals surface area (Å²) in [5.41, 5.74) is 1.07. The molecule has 0 amide bonds. The number of sulfonamides is 1. The average Bonchev–Trinajstić information content (AvgIpc) is 2.55. The quantitative estimate of drug-likeness (QED) is 0.444. The first-order valence-corrected chi connectivity index (χ1v) is 9.76. The summed E-state index contributed by atoms with van der Waals surface area (Å²) in [6.07, 6.45) is 1.97. The van der Waals surface area contributed by atoms with Crippen molar-refractivity contribution < 1.29 is 13.3 Å². The minimum absolute atomic E-state index is 0.0805. The summed E-state index contributed by atoms with van der Waals surface area (Å²) in [6, 6.07) is 11.5. The summed E-state index contributed by atoms with van der Waals surface area (Å²) in [4.78, 5) is 11.5. The Balaban J connectivity index is 2.28. The largest absolute Gasteiger partial charge is 0.273 e. The first-order valence-electron chi connectivity index (χ1n) is 7.10. The van der Waals surface area contributed by atoms with Gasteiger partial charge in [0.25, 0.3) is 5.69 Å². The number of hydrogen-bond acceptors (Lipinski definition) is 5. The van der Waals surface area contributed by atoms with E-state index in [0.717, 1.165) is 16.5 Å². The lowest BCUT2D eigenvalue weighted by atomic mass is 10.2. The van der Waals surface area contributed by atoms with Gasteiger partial charge in [0.2, 0.25) is 10.0 Å². The van der Waals surface area contributed by atoms with Crippen molar-refractivity contribution in [3.8, 4) is 0 Å². The van der Waals surface area contributed by atoms with Crippen LogP contribution in [-0.2, 0) is 16.6 Å². The Hall–Kier alpha value is -1.90. The van der Waals surface area contributed by atoms with E-state index in [1.54, 1.807) is 18.7 Å². The molecule has 0 saturated heterocycles. The number of nitro groups is 1. The molecule has 0 aromatic heterocycles. The normalized spacial score (nSPS) is 11.7. The van der Waals surface area contributed by atoms with Gasteiger partial charge in [0.15, 0.2) is 0 Å². The van der Waals surface area contributed by atoms with Gasteiger partial charge in [0.1, 0.15) is 0 Å². The summed E-state index contributed by atoms with van der Waals surface area (Å²) in [5, 5.41) is 11.0. The lowest BCUT2D eigenvalue weighted by Crippen LogP contribution is -2.26. The molecule has 0 bridgehead atoms. The Labute approximate surface area is 145 Å². The molecule has 2 aromatic rings. The monoisotopic (exact) mass is 366 g/mol. The van der Waals surface area contributed by atoms with Gasteiger partial charge in [-0.05, 0) is 36.9 Å². The van der Waals surface area contributed by atoms with Crippen molar-refractivity contribution in [1.82, 2.24) is 4.31 Å². The van der Waals surface area contributed by atoms with E-state index in [1.165, 1.54) is 23.5 Å². The van der Waals surface area contributed by atoms with E-state index in [-0.39, 0.29) is 17.1 Å². The second kappa shape index (κ2) is 7.33. The third-order valence-electron chi connectivity index (χ3n) is 3.65. The summed E-state index contributed by atoms with van der Waals surface area (Å²) in [7, 11) is -2.34. The summed E-state index contributed by atoms with van der Waals surface area (Å²) in [5.74, 6) is 0. The lowest BCUT2D eigenvalue weighted by Gasteiger charge is -2.17. The third-order valence-corrected chi connectivity index (χ3v) is 6.19. The molecular formula is C16H18N2O4S2. The number of benzene rings is 2. The molecule has 0 aliphatic rings. The second-order valence-electron chi connectivity index (χ2n) is 5.31. The Kier molecular flexibility index (Phi) is 5.63. The highest BCUT2D eigenvalue weighted by atomic mass is 32.2. The van der Waals surface area contributed by atoms with Crippen LogP contribution in [0.5, 0.6) is 0 Å². The van der Waals surface area contributed by atoms with Crippen LogP contribution in [-0.4, -0.2) is 30.9 Å². The topological polar surface area (TPSA) is 80.5 Å². The highest BCUT2D eigenvalue weighted by Gasteiger charge is 2.24. The highest BCUT2D eigenvalue weighted by Crippen LogP contribution is 2.25. The molecular weight excluding hydrogens is 348 g/mol. The molecule has 8 heteroatoms. The van der Waals surface area contributed by atoms with Gasteiger partial charge in [-0.15, -0.1) is 11.8 Å². The maximum Gasteiger partial charge on any atom is 0.273 e. The van der Waals surface area contributed by atoms with Crippen LogP contribution in [0, 0.1) is 17.0 Å². The van der Waals surface area contributed by atoms with Crippen molar-refractivity contribution in [2.75, 3.05) is 13.3 Å². The predicted molar refractivity (Wildman–Crippen MR) is 94.7 cm³/mol. The van der Waals surface area contributed by atoms with Crippen LogP contribution < -0.4 is 0 Å². The van der Waals surface area contributed by atoms with Crippen LogP contribution in [0.4, 0.5) is 5.69 Å². The molecule has 2 rings (SSSR count). The summed E-state index contributed by atoms with van der Waals surface area (Å²) < 4.78 is 26.5. The molecule has 0 unspecified atom stereocenters. The molecule has 0 saturated carbocycles. The summed E-state index contributed by atoms with van der Waals surface area (Å²) in [6.45, 7) is 1.77. The minimum atomic E-state index is -3.80. The first-order chi connectivity index (χ1) is 11.3. The first kappa shape index (κ1) is 18.4. The maximum atomic E-state index is 12.6. The van der Waals surface area contributed by atoms with Crippen LogP contribution >= 0.6 is 11.8 Å². The smallest absolute Gasteiger partial charge is 0.258 e. The second-order valence-corrected chi connectivity index (χ2v) is 8.24. The van der Waals surface area contributed by atoms with Crippen molar-refractivity contribution in [2.24, 2.45) is 0 Å². The van der Waals surface area contributed by atoms with Crippen molar-refractivity contribution in [2.45, 2.75) is 23.3 Å². The van der Waals surface area contributed by atoms with Gasteiger partial charge >= 0.3 is 0 Å². The van der Waals surface area contributed by atoms with Gasteiger partial charge < -0.3 is 0 Å². The fraction of sp³-hybridized carbons (Fsp3) is 0.250. The Morgan fingerprint density at radius 1 is 1.17 bits per heavy atom. The van der Waals surface area contributed by atoms with Gasteiger partial charge in [0, 0.05) is 30.1 Å². The van der Waals surface area contributed by atoms with Crippen molar-refractivity contribution in [1.29, 1.82) is 0 Å². The molecule has 6 nitrogen and oxygen atoms in total. The van der Waals surface area contributed by atoms with E-state index < -0.39 is 14.9 Å². The Morgan fingerprint density at radius 2 is 1.79 bits per heavy atom. The van der Waals surface area contributed by atoms with Gasteiger partial charge in [0.05, 0.1) is 9.82 Å². The number of hydrogen-bond donors (Lipinski definition) is 0. The van der Waals surface area contributed by atoms with E-state index >= 15 is 0 Å². The van der Waals surface area contributed by atoms with E-state index in [9.17, 15) is 18.5 Å². The molecule has 0 radical (unpaired) electrons. The van der Waals surface area contributed by atoms with E-state index in [0.29, 0.717) is 5.56 Å². The van der Waals surface area contributed by atoms with Gasteiger partial charge in [-0.25, -0.2) is 8.42 Å². The molecule has 0 aliphatic heterocycles. The number of nitro benzene ring substituents is 1. The highest BCUT2D eigenvalue weighted by molar-refractivity contribution is 7.98. The fourth-order valence-electron chi connectivity index (χ4n) is 2.20. The van der Waals surface area contributed by atoms with E-state index in [4.69, 9.17) is 0 Å². The molecule has 0 heterocycles. The van der Waals surface area contributed by atoms with Crippen LogP contribution in [0.2, 0.25) is 0 Å². The Bertz CT molecular complexity index is 849. The number of thioether (sulfide) groups is 1. The minimum Gasteiger partial charge on any atom is -0.258 e. The molecule has 0 N–H and O–H groups in total. The molecule has 24 heavy (non-hydrogen) atoms. The van der Waals surface area contributed by atoms with Crippen LogP contribution in [0.15, 0.2) is 52.3 Å². The standard InChI is InChI=1S/C16H18N2O4S2/c1-12-4-9-15(10-16(12)18(19)20)24(21,22)17(2)11-13-5-7-14(23-3)8-6-13/h4-10H,11H2,1-3H3. The predicted octanol–water partition coefficient (Wildman–Crippen LogP) is 3.45. The van der Waals surface area contributed by atoms with Crippen molar-refractivity contribution in [3.05, 3.63) is 63.7 Å². The van der Waals surface area contributed by atoms with Gasteiger partial charge in [-0.1, -0.05) is 18.2 Å². The van der Waals surface area contributed by atoms with Gasteiger partial charge in [-0.3, -0.25) is 10.1 Å². The van der Waals surface area contributed by atoms with Crippen molar-refractivity contribution in [3.63, 3.8) is 0 Å².